The minimum absolute atomic E-state index is 0.263. The fourth-order valence-electron chi connectivity index (χ4n) is 2.72. The molecule has 1 aromatic carbocycles. The lowest BCUT2D eigenvalue weighted by Crippen LogP contribution is -2.38. The van der Waals surface area contributed by atoms with E-state index in [9.17, 15) is 4.79 Å². The molecule has 0 bridgehead atoms. The number of nitrogens with zero attached hydrogens (tertiary/aromatic N) is 1. The van der Waals surface area contributed by atoms with Crippen LogP contribution in [-0.4, -0.2) is 41.7 Å². The summed E-state index contributed by atoms with van der Waals surface area (Å²) in [6, 6.07) is 6.31. The van der Waals surface area contributed by atoms with E-state index in [0.29, 0.717) is 0 Å². The number of likely N-dealkylation sites (tertiary alicyclic amines) is 1. The van der Waals surface area contributed by atoms with Crippen LogP contribution in [0.3, 0.4) is 0 Å². The maximum Gasteiger partial charge on any atom is 0.303 e. The third-order valence-corrected chi connectivity index (χ3v) is 4.04. The van der Waals surface area contributed by atoms with Crippen molar-refractivity contribution in [2.75, 3.05) is 19.6 Å². The second kappa shape index (κ2) is 7.46. The molecule has 1 aromatic rings. The number of piperidine rings is 1. The van der Waals surface area contributed by atoms with Crippen molar-refractivity contribution in [3.63, 3.8) is 0 Å². The fourth-order valence-corrected chi connectivity index (χ4v) is 2.72. The number of hydrogen-bond donors (Lipinski definition) is 1. The number of carboxylic acids is 1. The first-order valence-electron chi connectivity index (χ1n) is 7.72. The largest absolute Gasteiger partial charge is 0.490 e. The third kappa shape index (κ3) is 5.05. The van der Waals surface area contributed by atoms with Crippen LogP contribution in [0.25, 0.3) is 0 Å². The number of benzene rings is 1. The van der Waals surface area contributed by atoms with Gasteiger partial charge >= 0.3 is 5.97 Å². The number of rotatable bonds is 6. The van der Waals surface area contributed by atoms with E-state index >= 15 is 0 Å². The molecular formula is C17H25NO3. The maximum absolute atomic E-state index is 10.5. The lowest BCUT2D eigenvalue weighted by Gasteiger charge is -2.32. The van der Waals surface area contributed by atoms with Crippen LogP contribution in [-0.2, 0) is 4.79 Å². The van der Waals surface area contributed by atoms with Crippen LogP contribution in [0.2, 0.25) is 0 Å². The van der Waals surface area contributed by atoms with Gasteiger partial charge in [0.05, 0.1) is 0 Å². The minimum Gasteiger partial charge on any atom is -0.490 e. The summed E-state index contributed by atoms with van der Waals surface area (Å²) in [6.45, 7) is 7.03. The van der Waals surface area contributed by atoms with Crippen molar-refractivity contribution in [3.8, 4) is 5.75 Å². The fraction of sp³-hybridized carbons (Fsp3) is 0.588. The molecule has 1 heterocycles. The van der Waals surface area contributed by atoms with E-state index in [1.54, 1.807) is 0 Å². The van der Waals surface area contributed by atoms with Gasteiger partial charge in [-0.2, -0.15) is 0 Å². The smallest absolute Gasteiger partial charge is 0.303 e. The van der Waals surface area contributed by atoms with Gasteiger partial charge in [-0.1, -0.05) is 12.1 Å². The normalized spacial score (nSPS) is 16.9. The van der Waals surface area contributed by atoms with Crippen molar-refractivity contribution < 1.29 is 14.6 Å². The molecule has 1 aliphatic heterocycles. The van der Waals surface area contributed by atoms with Gasteiger partial charge in [0, 0.05) is 19.5 Å². The van der Waals surface area contributed by atoms with Gasteiger partial charge in [0.25, 0.3) is 0 Å². The van der Waals surface area contributed by atoms with Crippen molar-refractivity contribution in [2.24, 2.45) is 0 Å². The summed E-state index contributed by atoms with van der Waals surface area (Å²) in [5.41, 5.74) is 2.41. The van der Waals surface area contributed by atoms with Crippen LogP contribution in [0.4, 0.5) is 0 Å². The van der Waals surface area contributed by atoms with Crippen LogP contribution >= 0.6 is 0 Å². The summed E-state index contributed by atoms with van der Waals surface area (Å²) >= 11 is 0. The van der Waals surface area contributed by atoms with Crippen molar-refractivity contribution in [1.82, 2.24) is 4.90 Å². The highest BCUT2D eigenvalue weighted by Crippen LogP contribution is 2.24. The van der Waals surface area contributed by atoms with Crippen molar-refractivity contribution in [2.45, 2.75) is 45.6 Å². The first kappa shape index (κ1) is 15.8. The average Bonchev–Trinajstić information content (AvgIpc) is 2.44. The Labute approximate surface area is 126 Å². The lowest BCUT2D eigenvalue weighted by molar-refractivity contribution is -0.137. The Hall–Kier alpha value is -1.55. The molecule has 1 saturated heterocycles. The first-order chi connectivity index (χ1) is 10.0. The Balaban J connectivity index is 1.76. The molecule has 1 fully saturated rings. The zero-order valence-electron chi connectivity index (χ0n) is 13.0. The molecule has 1 aliphatic rings. The highest BCUT2D eigenvalue weighted by molar-refractivity contribution is 5.66. The van der Waals surface area contributed by atoms with Crippen molar-refractivity contribution in [1.29, 1.82) is 0 Å². The second-order valence-corrected chi connectivity index (χ2v) is 5.93. The maximum atomic E-state index is 10.5. The standard InChI is InChI=1S/C17H25NO3/c1-13-5-6-14(2)16(12-13)21-15-7-10-18(11-8-15)9-3-4-17(19)20/h5-6,12,15H,3-4,7-11H2,1-2H3,(H,19,20). The number of aliphatic carboxylic acids is 1. The van der Waals surface area contributed by atoms with Crippen LogP contribution in [0, 0.1) is 13.8 Å². The highest BCUT2D eigenvalue weighted by Gasteiger charge is 2.20. The van der Waals surface area contributed by atoms with Gasteiger partial charge in [-0.3, -0.25) is 4.79 Å². The van der Waals surface area contributed by atoms with Crippen molar-refractivity contribution in [3.05, 3.63) is 29.3 Å². The van der Waals surface area contributed by atoms with E-state index < -0.39 is 5.97 Å². The molecule has 0 aliphatic carbocycles. The van der Waals surface area contributed by atoms with Crippen molar-refractivity contribution >= 4 is 5.97 Å². The molecule has 0 amide bonds. The summed E-state index contributed by atoms with van der Waals surface area (Å²) in [5.74, 6) is 0.294. The van der Waals surface area contributed by atoms with E-state index in [-0.39, 0.29) is 12.5 Å². The monoisotopic (exact) mass is 291 g/mol. The summed E-state index contributed by atoms with van der Waals surface area (Å²) < 4.78 is 6.14. The molecule has 0 atom stereocenters. The van der Waals surface area contributed by atoms with E-state index in [0.717, 1.165) is 44.6 Å². The zero-order chi connectivity index (χ0) is 15.2. The van der Waals surface area contributed by atoms with E-state index in [4.69, 9.17) is 9.84 Å². The number of hydrogen-bond acceptors (Lipinski definition) is 3. The van der Waals surface area contributed by atoms with Gasteiger partial charge in [-0.05, 0) is 56.8 Å². The Kier molecular flexibility index (Phi) is 5.62. The van der Waals surface area contributed by atoms with Crippen LogP contribution in [0.5, 0.6) is 5.75 Å². The Morgan fingerprint density at radius 2 is 2.05 bits per heavy atom. The highest BCUT2D eigenvalue weighted by atomic mass is 16.5. The minimum atomic E-state index is -0.705. The molecule has 0 saturated carbocycles. The molecular weight excluding hydrogens is 266 g/mol. The summed E-state index contributed by atoms with van der Waals surface area (Å²) in [6.07, 6.45) is 3.30. The molecule has 0 aromatic heterocycles. The molecule has 21 heavy (non-hydrogen) atoms. The van der Waals surface area contributed by atoms with E-state index in [2.05, 4.69) is 36.9 Å². The Bertz CT molecular complexity index is 479. The summed E-state index contributed by atoms with van der Waals surface area (Å²) in [7, 11) is 0. The van der Waals surface area contributed by atoms with Crippen LogP contribution in [0.15, 0.2) is 18.2 Å². The molecule has 0 radical (unpaired) electrons. The molecule has 0 spiro atoms. The number of carboxylic acid groups (broad SMARTS) is 1. The summed E-state index contributed by atoms with van der Waals surface area (Å²) in [5, 5.41) is 8.66. The van der Waals surface area contributed by atoms with Gasteiger partial charge in [-0.15, -0.1) is 0 Å². The first-order valence-corrected chi connectivity index (χ1v) is 7.72. The van der Waals surface area contributed by atoms with Gasteiger partial charge in [0.2, 0.25) is 0 Å². The zero-order valence-corrected chi connectivity index (χ0v) is 13.0. The number of aryl methyl sites for hydroxylation is 2. The molecule has 4 nitrogen and oxygen atoms in total. The molecule has 0 unspecified atom stereocenters. The van der Waals surface area contributed by atoms with Crippen LogP contribution in [0.1, 0.15) is 36.8 Å². The second-order valence-electron chi connectivity index (χ2n) is 5.93. The Morgan fingerprint density at radius 1 is 1.33 bits per heavy atom. The lowest BCUT2D eigenvalue weighted by atomic mass is 10.1. The predicted molar refractivity (Wildman–Crippen MR) is 82.9 cm³/mol. The predicted octanol–water partition coefficient (Wildman–Crippen LogP) is 3.01. The van der Waals surface area contributed by atoms with Gasteiger partial charge in [-0.25, -0.2) is 0 Å². The third-order valence-electron chi connectivity index (χ3n) is 4.04. The SMILES string of the molecule is Cc1ccc(C)c(OC2CCN(CCCC(=O)O)CC2)c1. The van der Waals surface area contributed by atoms with E-state index in [1.165, 1.54) is 11.1 Å². The Morgan fingerprint density at radius 3 is 2.71 bits per heavy atom. The number of ether oxygens (including phenoxy) is 1. The topological polar surface area (TPSA) is 49.8 Å². The quantitative estimate of drug-likeness (QED) is 0.875. The molecule has 1 N–H and O–H groups in total. The molecule has 116 valence electrons. The average molecular weight is 291 g/mol. The van der Waals surface area contributed by atoms with E-state index in [1.807, 2.05) is 0 Å². The van der Waals surface area contributed by atoms with Gasteiger partial charge in [0.1, 0.15) is 11.9 Å². The van der Waals surface area contributed by atoms with Gasteiger partial charge < -0.3 is 14.7 Å². The van der Waals surface area contributed by atoms with Gasteiger partial charge in [0.15, 0.2) is 0 Å². The van der Waals surface area contributed by atoms with Crippen LogP contribution < -0.4 is 4.74 Å². The summed E-state index contributed by atoms with van der Waals surface area (Å²) in [4.78, 5) is 12.9. The molecule has 4 heteroatoms. The molecule has 2 rings (SSSR count). The number of carbonyl (C=O) groups is 1.